The summed E-state index contributed by atoms with van der Waals surface area (Å²) in [5.74, 6) is 0.118. The van der Waals surface area contributed by atoms with Crippen molar-refractivity contribution in [2.45, 2.75) is 25.7 Å². The topological polar surface area (TPSA) is 69.7 Å². The highest BCUT2D eigenvalue weighted by Crippen LogP contribution is 2.23. The van der Waals surface area contributed by atoms with Gasteiger partial charge in [0.1, 0.15) is 0 Å². The third kappa shape index (κ3) is 5.20. The summed E-state index contributed by atoms with van der Waals surface area (Å²) in [5, 5.41) is 2.91. The number of hydrogen-bond donors (Lipinski definition) is 1. The fourth-order valence-electron chi connectivity index (χ4n) is 4.46. The molecule has 2 aliphatic heterocycles. The predicted molar refractivity (Wildman–Crippen MR) is 120 cm³/mol. The van der Waals surface area contributed by atoms with E-state index < -0.39 is 0 Å². The van der Waals surface area contributed by atoms with Crippen LogP contribution in [-0.4, -0.2) is 60.1 Å². The maximum atomic E-state index is 12.8. The molecule has 1 N–H and O–H groups in total. The number of benzene rings is 2. The number of piperidine rings is 1. The molecule has 2 amide bonds. The zero-order valence-electron chi connectivity index (χ0n) is 17.8. The van der Waals surface area contributed by atoms with Crippen molar-refractivity contribution in [3.05, 3.63) is 65.7 Å². The van der Waals surface area contributed by atoms with Crippen LogP contribution in [0.4, 0.5) is 5.69 Å². The number of hydrogen-bond acceptors (Lipinski definition) is 4. The van der Waals surface area contributed by atoms with Crippen LogP contribution in [0.3, 0.4) is 0 Å². The molecule has 162 valence electrons. The minimum absolute atomic E-state index is 0.0848. The van der Waals surface area contributed by atoms with E-state index in [2.05, 4.69) is 10.2 Å². The Hall–Kier alpha value is -2.99. The van der Waals surface area contributed by atoms with Crippen molar-refractivity contribution < 1.29 is 14.4 Å². The molecule has 0 bridgehead atoms. The van der Waals surface area contributed by atoms with Gasteiger partial charge in [-0.2, -0.15) is 0 Å². The number of amides is 2. The van der Waals surface area contributed by atoms with E-state index in [-0.39, 0.29) is 30.1 Å². The van der Waals surface area contributed by atoms with Gasteiger partial charge in [-0.1, -0.05) is 42.5 Å². The number of carbonyl (C=O) groups excluding carboxylic acids is 3. The monoisotopic (exact) mass is 419 g/mol. The Balaban J connectivity index is 1.32. The van der Waals surface area contributed by atoms with Gasteiger partial charge in [-0.15, -0.1) is 0 Å². The molecule has 2 heterocycles. The predicted octanol–water partition coefficient (Wildman–Crippen LogP) is 3.19. The molecule has 0 atom stereocenters. The van der Waals surface area contributed by atoms with Crippen LogP contribution in [0.25, 0.3) is 0 Å². The van der Waals surface area contributed by atoms with Gasteiger partial charge >= 0.3 is 0 Å². The van der Waals surface area contributed by atoms with E-state index in [1.807, 2.05) is 29.2 Å². The zero-order chi connectivity index (χ0) is 21.6. The van der Waals surface area contributed by atoms with E-state index in [1.54, 1.807) is 30.3 Å². The first kappa shape index (κ1) is 21.2. The van der Waals surface area contributed by atoms with Crippen LogP contribution in [0.15, 0.2) is 54.6 Å². The van der Waals surface area contributed by atoms with Crippen LogP contribution in [0.1, 0.15) is 41.6 Å². The summed E-state index contributed by atoms with van der Waals surface area (Å²) in [4.78, 5) is 42.2. The Labute approximate surface area is 183 Å². The van der Waals surface area contributed by atoms with E-state index in [9.17, 15) is 14.4 Å². The van der Waals surface area contributed by atoms with Crippen molar-refractivity contribution in [2.75, 3.05) is 38.0 Å². The quantitative estimate of drug-likeness (QED) is 0.730. The number of nitrogens with zero attached hydrogens (tertiary/aromatic N) is 2. The number of nitrogens with one attached hydrogen (secondary N) is 1. The summed E-state index contributed by atoms with van der Waals surface area (Å²) in [6, 6.07) is 16.2. The Kier molecular flexibility index (Phi) is 6.77. The van der Waals surface area contributed by atoms with Crippen LogP contribution >= 0.6 is 0 Å². The van der Waals surface area contributed by atoms with Gasteiger partial charge in [-0.05, 0) is 50.9 Å². The highest BCUT2D eigenvalue weighted by atomic mass is 16.2. The van der Waals surface area contributed by atoms with Crippen molar-refractivity contribution in [1.29, 1.82) is 0 Å². The second kappa shape index (κ2) is 9.88. The average Bonchev–Trinajstić information content (AvgIpc) is 3.35. The number of anilines is 1. The first-order valence-corrected chi connectivity index (χ1v) is 11.1. The second-order valence-corrected chi connectivity index (χ2v) is 8.37. The van der Waals surface area contributed by atoms with E-state index in [0.717, 1.165) is 51.9 Å². The van der Waals surface area contributed by atoms with Gasteiger partial charge in [-0.25, -0.2) is 0 Å². The minimum Gasteiger partial charge on any atom is -0.342 e. The fourth-order valence-corrected chi connectivity index (χ4v) is 4.46. The van der Waals surface area contributed by atoms with Gasteiger partial charge in [-0.3, -0.25) is 19.3 Å². The molecule has 6 nitrogen and oxygen atoms in total. The first-order chi connectivity index (χ1) is 15.1. The SMILES string of the molecule is O=C(CN1CCC(C(=O)N2CCCC2)CC1)Nc1ccccc1C(=O)c1ccccc1. The van der Waals surface area contributed by atoms with Crippen molar-refractivity contribution in [1.82, 2.24) is 9.80 Å². The van der Waals surface area contributed by atoms with Crippen LogP contribution in [0.5, 0.6) is 0 Å². The van der Waals surface area contributed by atoms with Gasteiger partial charge in [0.2, 0.25) is 11.8 Å². The summed E-state index contributed by atoms with van der Waals surface area (Å²) >= 11 is 0. The van der Waals surface area contributed by atoms with Crippen molar-refractivity contribution >= 4 is 23.3 Å². The van der Waals surface area contributed by atoms with E-state index >= 15 is 0 Å². The molecule has 2 aromatic carbocycles. The lowest BCUT2D eigenvalue weighted by Gasteiger charge is -2.32. The number of likely N-dealkylation sites (tertiary alicyclic amines) is 2. The lowest BCUT2D eigenvalue weighted by atomic mass is 9.95. The fraction of sp³-hybridized carbons (Fsp3) is 0.400. The summed E-state index contributed by atoms with van der Waals surface area (Å²) in [6.07, 6.45) is 3.81. The molecule has 0 radical (unpaired) electrons. The van der Waals surface area contributed by atoms with Gasteiger partial charge in [0.05, 0.1) is 12.2 Å². The number of rotatable bonds is 6. The molecule has 0 saturated carbocycles. The van der Waals surface area contributed by atoms with E-state index in [0.29, 0.717) is 16.8 Å². The Morgan fingerprint density at radius 3 is 2.19 bits per heavy atom. The summed E-state index contributed by atoms with van der Waals surface area (Å²) in [7, 11) is 0. The normalized spacial score (nSPS) is 17.5. The lowest BCUT2D eigenvalue weighted by molar-refractivity contribution is -0.136. The first-order valence-electron chi connectivity index (χ1n) is 11.1. The third-order valence-corrected chi connectivity index (χ3v) is 6.20. The molecule has 0 aromatic heterocycles. The summed E-state index contributed by atoms with van der Waals surface area (Å²) < 4.78 is 0. The second-order valence-electron chi connectivity index (χ2n) is 8.37. The standard InChI is InChI=1S/C25H29N3O3/c29-23(18-27-16-12-20(13-17-27)25(31)28-14-6-7-15-28)26-22-11-5-4-10-21(22)24(30)19-8-2-1-3-9-19/h1-5,8-11,20H,6-7,12-18H2,(H,26,29). The van der Waals surface area contributed by atoms with Gasteiger partial charge in [0.25, 0.3) is 0 Å². The molecule has 6 heteroatoms. The van der Waals surface area contributed by atoms with Crippen LogP contribution in [0.2, 0.25) is 0 Å². The van der Waals surface area contributed by atoms with Crippen molar-refractivity contribution in [3.8, 4) is 0 Å². The lowest BCUT2D eigenvalue weighted by Crippen LogP contribution is -2.44. The molecule has 0 aliphatic carbocycles. The molecule has 2 aromatic rings. The average molecular weight is 420 g/mol. The molecule has 2 saturated heterocycles. The van der Waals surface area contributed by atoms with E-state index in [1.165, 1.54) is 0 Å². The molecule has 0 spiro atoms. The highest BCUT2D eigenvalue weighted by Gasteiger charge is 2.30. The third-order valence-electron chi connectivity index (χ3n) is 6.20. The summed E-state index contributed by atoms with van der Waals surface area (Å²) in [6.45, 7) is 3.52. The van der Waals surface area contributed by atoms with Crippen LogP contribution in [0, 0.1) is 5.92 Å². The summed E-state index contributed by atoms with van der Waals surface area (Å²) in [5.41, 5.74) is 1.60. The number of ketones is 1. The van der Waals surface area contributed by atoms with Crippen molar-refractivity contribution in [3.63, 3.8) is 0 Å². The van der Waals surface area contributed by atoms with Crippen molar-refractivity contribution in [2.24, 2.45) is 5.92 Å². The highest BCUT2D eigenvalue weighted by molar-refractivity contribution is 6.13. The molecule has 31 heavy (non-hydrogen) atoms. The van der Waals surface area contributed by atoms with Crippen LogP contribution < -0.4 is 5.32 Å². The Bertz CT molecular complexity index is 930. The molecule has 4 rings (SSSR count). The largest absolute Gasteiger partial charge is 0.342 e. The number of carbonyl (C=O) groups is 3. The molecule has 2 fully saturated rings. The Morgan fingerprint density at radius 1 is 0.839 bits per heavy atom. The van der Waals surface area contributed by atoms with Gasteiger partial charge < -0.3 is 10.2 Å². The van der Waals surface area contributed by atoms with Crippen LogP contribution in [-0.2, 0) is 9.59 Å². The molecule has 2 aliphatic rings. The van der Waals surface area contributed by atoms with Gasteiger partial charge in [0, 0.05) is 30.1 Å². The zero-order valence-corrected chi connectivity index (χ0v) is 17.8. The van der Waals surface area contributed by atoms with Gasteiger partial charge in [0.15, 0.2) is 5.78 Å². The Morgan fingerprint density at radius 2 is 1.48 bits per heavy atom. The maximum Gasteiger partial charge on any atom is 0.238 e. The maximum absolute atomic E-state index is 12.8. The molecular weight excluding hydrogens is 390 g/mol. The number of para-hydroxylation sites is 1. The smallest absolute Gasteiger partial charge is 0.238 e. The van der Waals surface area contributed by atoms with E-state index in [4.69, 9.17) is 0 Å². The molecule has 0 unspecified atom stereocenters. The minimum atomic E-state index is -0.141. The molecular formula is C25H29N3O3.